The second kappa shape index (κ2) is 3.81. The van der Waals surface area contributed by atoms with Crippen molar-refractivity contribution < 1.29 is 5.11 Å². The van der Waals surface area contributed by atoms with E-state index in [1.165, 1.54) is 0 Å². The Morgan fingerprint density at radius 1 is 1.36 bits per heavy atom. The molecule has 0 aromatic carbocycles. The van der Waals surface area contributed by atoms with Crippen molar-refractivity contribution in [1.29, 1.82) is 0 Å². The summed E-state index contributed by atoms with van der Waals surface area (Å²) < 4.78 is 0. The van der Waals surface area contributed by atoms with Crippen LogP contribution in [0.1, 0.15) is 13.3 Å². The maximum Gasteiger partial charge on any atom is 0.111 e. The number of hydrogen-bond donors (Lipinski definition) is 1. The molecule has 0 saturated carbocycles. The summed E-state index contributed by atoms with van der Waals surface area (Å²) in [7, 11) is 0. The molecule has 1 N–H and O–H groups in total. The van der Waals surface area contributed by atoms with Gasteiger partial charge < -0.3 is 5.11 Å². The van der Waals surface area contributed by atoms with E-state index in [1.807, 2.05) is 25.2 Å². The molecular weight excluding hydrogens is 136 g/mol. The monoisotopic (exact) mass is 148 g/mol. The van der Waals surface area contributed by atoms with Crippen LogP contribution < -0.4 is 0 Å². The lowest BCUT2D eigenvalue weighted by Crippen LogP contribution is -1.69. The van der Waals surface area contributed by atoms with Crippen molar-refractivity contribution in [3.05, 3.63) is 47.8 Å². The molecule has 0 aromatic heterocycles. The lowest BCUT2D eigenvalue weighted by atomic mass is 10.2. The van der Waals surface area contributed by atoms with Crippen LogP contribution in [0.15, 0.2) is 47.8 Å². The zero-order valence-corrected chi connectivity index (χ0v) is 6.62. The van der Waals surface area contributed by atoms with Crippen LogP contribution in [0, 0.1) is 0 Å². The van der Waals surface area contributed by atoms with E-state index in [0.717, 1.165) is 12.0 Å². The molecular formula is C10H12O. The average Bonchev–Trinajstić information content (AvgIpc) is 2.17. The summed E-state index contributed by atoms with van der Waals surface area (Å²) in [6, 6.07) is 0. The molecule has 0 aliphatic heterocycles. The summed E-state index contributed by atoms with van der Waals surface area (Å²) in [5.74, 6) is 0.348. The molecule has 0 amide bonds. The quantitative estimate of drug-likeness (QED) is 0.606. The zero-order chi connectivity index (χ0) is 8.10. The summed E-state index contributed by atoms with van der Waals surface area (Å²) in [4.78, 5) is 0. The predicted molar refractivity (Wildman–Crippen MR) is 47.4 cm³/mol. The third-order valence-electron chi connectivity index (χ3n) is 1.49. The van der Waals surface area contributed by atoms with Gasteiger partial charge in [0, 0.05) is 0 Å². The highest BCUT2D eigenvalue weighted by molar-refractivity contribution is 5.36. The Hall–Kier alpha value is -1.24. The van der Waals surface area contributed by atoms with E-state index in [4.69, 9.17) is 5.11 Å². The van der Waals surface area contributed by atoms with E-state index >= 15 is 0 Å². The molecule has 0 atom stereocenters. The van der Waals surface area contributed by atoms with Gasteiger partial charge in [-0.05, 0) is 31.1 Å². The topological polar surface area (TPSA) is 20.2 Å². The Labute approximate surface area is 67.1 Å². The standard InChI is InChI=1S/C10H12O/c1-2-4-9-5-3-6-10(11)8-7-9/h2,4-8,11H,3H2,1H3/b4-2+. The van der Waals surface area contributed by atoms with E-state index in [2.05, 4.69) is 6.08 Å². The van der Waals surface area contributed by atoms with Gasteiger partial charge in [-0.2, -0.15) is 0 Å². The van der Waals surface area contributed by atoms with Crippen LogP contribution >= 0.6 is 0 Å². The molecule has 58 valence electrons. The highest BCUT2D eigenvalue weighted by atomic mass is 16.3. The largest absolute Gasteiger partial charge is 0.508 e. The van der Waals surface area contributed by atoms with Crippen molar-refractivity contribution in [2.75, 3.05) is 0 Å². The summed E-state index contributed by atoms with van der Waals surface area (Å²) in [6.07, 6.45) is 12.3. The molecule has 0 heterocycles. The maximum atomic E-state index is 9.09. The Bertz CT molecular complexity index is 242. The van der Waals surface area contributed by atoms with Crippen molar-refractivity contribution in [2.24, 2.45) is 0 Å². The first kappa shape index (κ1) is 7.86. The van der Waals surface area contributed by atoms with E-state index in [1.54, 1.807) is 12.2 Å². The lowest BCUT2D eigenvalue weighted by molar-refractivity contribution is 0.431. The highest BCUT2D eigenvalue weighted by Gasteiger charge is 1.91. The van der Waals surface area contributed by atoms with Gasteiger partial charge in [0.2, 0.25) is 0 Å². The number of aliphatic hydroxyl groups excluding tert-OH is 1. The highest BCUT2D eigenvalue weighted by Crippen LogP contribution is 2.09. The number of hydrogen-bond acceptors (Lipinski definition) is 1. The third kappa shape index (κ3) is 2.46. The van der Waals surface area contributed by atoms with Crippen LogP contribution in [0.2, 0.25) is 0 Å². The predicted octanol–water partition coefficient (Wildman–Crippen LogP) is 2.89. The molecule has 0 saturated heterocycles. The van der Waals surface area contributed by atoms with Crippen molar-refractivity contribution in [3.8, 4) is 0 Å². The van der Waals surface area contributed by atoms with Crippen molar-refractivity contribution >= 4 is 0 Å². The Morgan fingerprint density at radius 3 is 2.91 bits per heavy atom. The molecule has 11 heavy (non-hydrogen) atoms. The second-order valence-corrected chi connectivity index (χ2v) is 2.40. The van der Waals surface area contributed by atoms with Crippen LogP contribution in [0.3, 0.4) is 0 Å². The summed E-state index contributed by atoms with van der Waals surface area (Å²) in [5.41, 5.74) is 1.15. The number of rotatable bonds is 1. The molecule has 0 aromatic rings. The average molecular weight is 148 g/mol. The van der Waals surface area contributed by atoms with Gasteiger partial charge in [0.25, 0.3) is 0 Å². The van der Waals surface area contributed by atoms with E-state index < -0.39 is 0 Å². The van der Waals surface area contributed by atoms with Crippen molar-refractivity contribution in [3.63, 3.8) is 0 Å². The van der Waals surface area contributed by atoms with Crippen LogP contribution in [0.5, 0.6) is 0 Å². The molecule has 0 fully saturated rings. The van der Waals surface area contributed by atoms with Crippen molar-refractivity contribution in [2.45, 2.75) is 13.3 Å². The molecule has 0 bridgehead atoms. The van der Waals surface area contributed by atoms with E-state index in [9.17, 15) is 0 Å². The molecule has 1 heteroatoms. The first-order valence-electron chi connectivity index (χ1n) is 3.73. The van der Waals surface area contributed by atoms with Gasteiger partial charge in [-0.1, -0.05) is 24.3 Å². The zero-order valence-electron chi connectivity index (χ0n) is 6.62. The molecule has 1 aliphatic rings. The van der Waals surface area contributed by atoms with E-state index in [-0.39, 0.29) is 0 Å². The second-order valence-electron chi connectivity index (χ2n) is 2.40. The summed E-state index contributed by atoms with van der Waals surface area (Å²) in [5, 5.41) is 9.09. The van der Waals surface area contributed by atoms with Gasteiger partial charge in [0.15, 0.2) is 0 Å². The molecule has 1 nitrogen and oxygen atoms in total. The minimum Gasteiger partial charge on any atom is -0.508 e. The fraction of sp³-hybridized carbons (Fsp3) is 0.200. The van der Waals surface area contributed by atoms with E-state index in [0.29, 0.717) is 5.76 Å². The van der Waals surface area contributed by atoms with Crippen LogP contribution in [-0.4, -0.2) is 5.11 Å². The smallest absolute Gasteiger partial charge is 0.111 e. The SMILES string of the molecule is C/C=C/C1=CCC=C(O)C=C1. The maximum absolute atomic E-state index is 9.09. The Morgan fingerprint density at radius 2 is 2.18 bits per heavy atom. The number of aliphatic hydroxyl groups is 1. The Balaban J connectivity index is 2.73. The molecule has 1 aliphatic carbocycles. The van der Waals surface area contributed by atoms with Gasteiger partial charge in [-0.3, -0.25) is 0 Å². The van der Waals surface area contributed by atoms with Crippen LogP contribution in [0.4, 0.5) is 0 Å². The molecule has 0 spiro atoms. The van der Waals surface area contributed by atoms with Gasteiger partial charge >= 0.3 is 0 Å². The first-order chi connectivity index (χ1) is 5.33. The van der Waals surface area contributed by atoms with Gasteiger partial charge in [0.05, 0.1) is 0 Å². The summed E-state index contributed by atoms with van der Waals surface area (Å²) in [6.45, 7) is 1.98. The minimum absolute atomic E-state index is 0.348. The molecule has 0 radical (unpaired) electrons. The van der Waals surface area contributed by atoms with Crippen LogP contribution in [0.25, 0.3) is 0 Å². The molecule has 1 rings (SSSR count). The third-order valence-corrected chi connectivity index (χ3v) is 1.49. The van der Waals surface area contributed by atoms with Gasteiger partial charge in [-0.15, -0.1) is 0 Å². The normalized spacial score (nSPS) is 17.9. The first-order valence-corrected chi connectivity index (χ1v) is 3.73. The fourth-order valence-corrected chi connectivity index (χ4v) is 0.949. The minimum atomic E-state index is 0.348. The molecule has 0 unspecified atom stereocenters. The van der Waals surface area contributed by atoms with Crippen molar-refractivity contribution in [1.82, 2.24) is 0 Å². The lowest BCUT2D eigenvalue weighted by Gasteiger charge is -1.87. The summed E-state index contributed by atoms with van der Waals surface area (Å²) >= 11 is 0. The van der Waals surface area contributed by atoms with Gasteiger partial charge in [-0.25, -0.2) is 0 Å². The van der Waals surface area contributed by atoms with Gasteiger partial charge in [0.1, 0.15) is 5.76 Å². The number of allylic oxidation sites excluding steroid dienone is 7. The fourth-order valence-electron chi connectivity index (χ4n) is 0.949. The Kier molecular flexibility index (Phi) is 2.73. The van der Waals surface area contributed by atoms with Crippen LogP contribution in [-0.2, 0) is 0 Å².